The van der Waals surface area contributed by atoms with Crippen LogP contribution in [0.4, 0.5) is 5.69 Å². The predicted octanol–water partition coefficient (Wildman–Crippen LogP) is 1.06. The highest BCUT2D eigenvalue weighted by atomic mass is 16.5. The van der Waals surface area contributed by atoms with E-state index in [0.29, 0.717) is 19.6 Å². The Labute approximate surface area is 119 Å². The van der Waals surface area contributed by atoms with Crippen LogP contribution in [0.3, 0.4) is 0 Å². The van der Waals surface area contributed by atoms with Gasteiger partial charge in [0.25, 0.3) is 0 Å². The standard InChI is InChI=1S/C15H22N2O3/c1-11-3-5-13(6-4-11)17-14(18)9-16-10-15(19)7-8-20-12(15)2/h3-6,12,16,19H,7-10H2,1-2H3,(H,17,18). The summed E-state index contributed by atoms with van der Waals surface area (Å²) < 4.78 is 5.34. The first-order valence-electron chi connectivity index (χ1n) is 6.91. The van der Waals surface area contributed by atoms with E-state index in [1.807, 2.05) is 38.1 Å². The number of carbonyl (C=O) groups excluding carboxylic acids is 1. The molecule has 0 aliphatic carbocycles. The summed E-state index contributed by atoms with van der Waals surface area (Å²) >= 11 is 0. The zero-order chi connectivity index (χ0) is 14.6. The van der Waals surface area contributed by atoms with E-state index in [4.69, 9.17) is 4.74 Å². The molecule has 1 heterocycles. The van der Waals surface area contributed by atoms with Crippen molar-refractivity contribution < 1.29 is 14.6 Å². The summed E-state index contributed by atoms with van der Waals surface area (Å²) in [5, 5.41) is 16.1. The third-order valence-corrected chi connectivity index (χ3v) is 3.71. The molecule has 2 atom stereocenters. The fraction of sp³-hybridized carbons (Fsp3) is 0.533. The predicted molar refractivity (Wildman–Crippen MR) is 77.7 cm³/mol. The Kier molecular flexibility index (Phi) is 4.75. The summed E-state index contributed by atoms with van der Waals surface area (Å²) in [7, 11) is 0. The first-order valence-corrected chi connectivity index (χ1v) is 6.91. The number of nitrogens with one attached hydrogen (secondary N) is 2. The van der Waals surface area contributed by atoms with Gasteiger partial charge >= 0.3 is 0 Å². The average Bonchev–Trinajstić information content (AvgIpc) is 2.73. The van der Waals surface area contributed by atoms with Gasteiger partial charge in [-0.2, -0.15) is 0 Å². The molecule has 110 valence electrons. The number of carbonyl (C=O) groups is 1. The zero-order valence-electron chi connectivity index (χ0n) is 12.0. The maximum absolute atomic E-state index is 11.8. The molecule has 2 unspecified atom stereocenters. The molecule has 1 saturated heterocycles. The molecule has 0 spiro atoms. The maximum atomic E-state index is 11.8. The number of ether oxygens (including phenoxy) is 1. The molecule has 0 bridgehead atoms. The quantitative estimate of drug-likeness (QED) is 0.753. The van der Waals surface area contributed by atoms with Crippen molar-refractivity contribution >= 4 is 11.6 Å². The highest BCUT2D eigenvalue weighted by Gasteiger charge is 2.39. The molecule has 1 fully saturated rings. The fourth-order valence-electron chi connectivity index (χ4n) is 2.24. The van der Waals surface area contributed by atoms with Crippen LogP contribution in [-0.4, -0.2) is 42.4 Å². The van der Waals surface area contributed by atoms with Crippen LogP contribution >= 0.6 is 0 Å². The topological polar surface area (TPSA) is 70.6 Å². The van der Waals surface area contributed by atoms with Crippen molar-refractivity contribution in [2.75, 3.05) is 25.0 Å². The van der Waals surface area contributed by atoms with Gasteiger partial charge in [-0.05, 0) is 26.0 Å². The largest absolute Gasteiger partial charge is 0.386 e. The average molecular weight is 278 g/mol. The molecule has 1 aromatic carbocycles. The molecule has 5 heteroatoms. The molecule has 1 aliphatic rings. The SMILES string of the molecule is Cc1ccc(NC(=O)CNCC2(O)CCOC2C)cc1. The summed E-state index contributed by atoms with van der Waals surface area (Å²) in [4.78, 5) is 11.8. The number of aliphatic hydroxyl groups is 1. The van der Waals surface area contributed by atoms with Gasteiger partial charge < -0.3 is 20.5 Å². The molecule has 0 radical (unpaired) electrons. The number of benzene rings is 1. The molecule has 1 amide bonds. The van der Waals surface area contributed by atoms with Gasteiger partial charge in [-0.3, -0.25) is 4.79 Å². The van der Waals surface area contributed by atoms with Crippen LogP contribution in [0.1, 0.15) is 18.9 Å². The number of hydrogen-bond acceptors (Lipinski definition) is 4. The second kappa shape index (κ2) is 6.35. The van der Waals surface area contributed by atoms with Crippen LogP contribution in [0.25, 0.3) is 0 Å². The van der Waals surface area contributed by atoms with Crippen LogP contribution in [0, 0.1) is 6.92 Å². The van der Waals surface area contributed by atoms with Crippen molar-refractivity contribution in [2.24, 2.45) is 0 Å². The lowest BCUT2D eigenvalue weighted by Gasteiger charge is -2.26. The Balaban J connectivity index is 1.74. The summed E-state index contributed by atoms with van der Waals surface area (Å²) in [6, 6.07) is 7.63. The van der Waals surface area contributed by atoms with Crippen molar-refractivity contribution in [1.82, 2.24) is 5.32 Å². The lowest BCUT2D eigenvalue weighted by atomic mass is 9.97. The van der Waals surface area contributed by atoms with E-state index in [1.54, 1.807) is 0 Å². The second-order valence-electron chi connectivity index (χ2n) is 5.38. The van der Waals surface area contributed by atoms with E-state index >= 15 is 0 Å². The van der Waals surface area contributed by atoms with Gasteiger partial charge in [0.15, 0.2) is 0 Å². The monoisotopic (exact) mass is 278 g/mol. The fourth-order valence-corrected chi connectivity index (χ4v) is 2.24. The molecule has 5 nitrogen and oxygen atoms in total. The minimum atomic E-state index is -0.871. The first-order chi connectivity index (χ1) is 9.49. The number of amides is 1. The maximum Gasteiger partial charge on any atom is 0.238 e. The minimum Gasteiger partial charge on any atom is -0.386 e. The molecule has 0 saturated carbocycles. The second-order valence-corrected chi connectivity index (χ2v) is 5.38. The Morgan fingerprint density at radius 3 is 2.75 bits per heavy atom. The Morgan fingerprint density at radius 2 is 2.15 bits per heavy atom. The zero-order valence-corrected chi connectivity index (χ0v) is 12.0. The van der Waals surface area contributed by atoms with Gasteiger partial charge in [-0.1, -0.05) is 17.7 Å². The van der Waals surface area contributed by atoms with E-state index in [0.717, 1.165) is 11.3 Å². The van der Waals surface area contributed by atoms with Crippen molar-refractivity contribution in [3.63, 3.8) is 0 Å². The third-order valence-electron chi connectivity index (χ3n) is 3.71. The van der Waals surface area contributed by atoms with Gasteiger partial charge in [0, 0.05) is 25.3 Å². The number of rotatable bonds is 5. The van der Waals surface area contributed by atoms with Crippen LogP contribution < -0.4 is 10.6 Å². The lowest BCUT2D eigenvalue weighted by molar-refractivity contribution is -0.115. The van der Waals surface area contributed by atoms with Crippen LogP contribution in [-0.2, 0) is 9.53 Å². The van der Waals surface area contributed by atoms with Crippen molar-refractivity contribution in [3.8, 4) is 0 Å². The molecule has 0 aromatic heterocycles. The Morgan fingerprint density at radius 1 is 1.45 bits per heavy atom. The summed E-state index contributed by atoms with van der Waals surface area (Å²) in [5.41, 5.74) is 1.06. The van der Waals surface area contributed by atoms with Gasteiger partial charge in [0.2, 0.25) is 5.91 Å². The summed E-state index contributed by atoms with van der Waals surface area (Å²) in [5.74, 6) is -0.121. The van der Waals surface area contributed by atoms with E-state index in [2.05, 4.69) is 10.6 Å². The molecule has 1 aliphatic heterocycles. The Hall–Kier alpha value is -1.43. The third kappa shape index (κ3) is 3.79. The smallest absolute Gasteiger partial charge is 0.238 e. The highest BCUT2D eigenvalue weighted by molar-refractivity contribution is 5.92. The molecular weight excluding hydrogens is 256 g/mol. The van der Waals surface area contributed by atoms with E-state index in [-0.39, 0.29) is 18.6 Å². The van der Waals surface area contributed by atoms with Crippen LogP contribution in [0.5, 0.6) is 0 Å². The number of aryl methyl sites for hydroxylation is 1. The lowest BCUT2D eigenvalue weighted by Crippen LogP contribution is -2.47. The minimum absolute atomic E-state index is 0.121. The van der Waals surface area contributed by atoms with Crippen LogP contribution in [0.2, 0.25) is 0 Å². The summed E-state index contributed by atoms with van der Waals surface area (Å²) in [6.45, 7) is 4.94. The molecule has 20 heavy (non-hydrogen) atoms. The van der Waals surface area contributed by atoms with Gasteiger partial charge in [-0.25, -0.2) is 0 Å². The first kappa shape index (κ1) is 15.0. The van der Waals surface area contributed by atoms with Crippen molar-refractivity contribution in [3.05, 3.63) is 29.8 Å². The molecular formula is C15H22N2O3. The number of anilines is 1. The van der Waals surface area contributed by atoms with Crippen molar-refractivity contribution in [1.29, 1.82) is 0 Å². The number of hydrogen-bond donors (Lipinski definition) is 3. The van der Waals surface area contributed by atoms with Crippen molar-refractivity contribution in [2.45, 2.75) is 32.0 Å². The Bertz CT molecular complexity index is 461. The van der Waals surface area contributed by atoms with E-state index in [1.165, 1.54) is 0 Å². The highest BCUT2D eigenvalue weighted by Crippen LogP contribution is 2.24. The van der Waals surface area contributed by atoms with E-state index in [9.17, 15) is 9.90 Å². The summed E-state index contributed by atoms with van der Waals surface area (Å²) in [6.07, 6.45) is 0.399. The van der Waals surface area contributed by atoms with Gasteiger partial charge in [-0.15, -0.1) is 0 Å². The normalized spacial score (nSPS) is 25.6. The molecule has 2 rings (SSSR count). The van der Waals surface area contributed by atoms with Gasteiger partial charge in [0.1, 0.15) is 5.60 Å². The molecule has 1 aromatic rings. The van der Waals surface area contributed by atoms with Crippen LogP contribution in [0.15, 0.2) is 24.3 Å². The molecule has 3 N–H and O–H groups in total. The van der Waals surface area contributed by atoms with E-state index < -0.39 is 5.60 Å². The van der Waals surface area contributed by atoms with Gasteiger partial charge in [0.05, 0.1) is 12.6 Å².